The number of aromatic amines is 1. The molecule has 0 radical (unpaired) electrons. The molecule has 0 saturated heterocycles. The van der Waals surface area contributed by atoms with Gasteiger partial charge in [-0.15, -0.1) is 0 Å². The minimum atomic E-state index is -3.34. The van der Waals surface area contributed by atoms with Gasteiger partial charge in [0.1, 0.15) is 5.75 Å². The molecule has 0 aliphatic heterocycles. The summed E-state index contributed by atoms with van der Waals surface area (Å²) in [6.45, 7) is 1.96. The molecule has 0 amide bonds. The molecule has 146 valence electrons. The highest BCUT2D eigenvalue weighted by Crippen LogP contribution is 2.24. The summed E-state index contributed by atoms with van der Waals surface area (Å²) in [7, 11) is -1.76. The van der Waals surface area contributed by atoms with Crippen molar-refractivity contribution in [2.75, 3.05) is 18.1 Å². The molecule has 2 N–H and O–H groups in total. The molecular formula is C20H21N3O4S. The minimum absolute atomic E-state index is 0.0929. The zero-order valence-corrected chi connectivity index (χ0v) is 16.6. The van der Waals surface area contributed by atoms with E-state index in [-0.39, 0.29) is 11.7 Å². The van der Waals surface area contributed by atoms with Crippen LogP contribution in [0.15, 0.2) is 54.7 Å². The normalized spacial score (nSPS) is 12.4. The van der Waals surface area contributed by atoms with Gasteiger partial charge in [-0.3, -0.25) is 14.5 Å². The number of carbonyl (C=O) groups excluding carboxylic acids is 1. The predicted octanol–water partition coefficient (Wildman–Crippen LogP) is 3.17. The van der Waals surface area contributed by atoms with Gasteiger partial charge in [0.15, 0.2) is 0 Å². The number of anilines is 1. The lowest BCUT2D eigenvalue weighted by Crippen LogP contribution is -2.10. The Morgan fingerprint density at radius 3 is 2.39 bits per heavy atom. The summed E-state index contributed by atoms with van der Waals surface area (Å²) in [6, 6.07) is 14.0. The van der Waals surface area contributed by atoms with Crippen LogP contribution in [0.1, 0.15) is 40.3 Å². The van der Waals surface area contributed by atoms with Crippen molar-refractivity contribution < 1.29 is 17.9 Å². The molecule has 3 aromatic rings. The Kier molecular flexibility index (Phi) is 5.51. The number of ether oxygens (including phenoxy) is 1. The number of nitrogens with zero attached hydrogens (tertiary/aromatic N) is 1. The second-order valence-electron chi connectivity index (χ2n) is 6.45. The van der Waals surface area contributed by atoms with Crippen LogP contribution >= 0.6 is 0 Å². The smallest absolute Gasteiger partial charge is 0.229 e. The third-order valence-corrected chi connectivity index (χ3v) is 4.91. The number of nitrogens with one attached hydrogen (secondary N) is 2. The van der Waals surface area contributed by atoms with Crippen LogP contribution in [0.4, 0.5) is 5.69 Å². The van der Waals surface area contributed by atoms with Gasteiger partial charge >= 0.3 is 0 Å². The van der Waals surface area contributed by atoms with E-state index in [0.717, 1.165) is 17.6 Å². The number of rotatable bonds is 7. The van der Waals surface area contributed by atoms with Gasteiger partial charge in [0.2, 0.25) is 15.8 Å². The molecule has 1 atom stereocenters. The van der Waals surface area contributed by atoms with Crippen molar-refractivity contribution in [2.45, 2.75) is 12.8 Å². The van der Waals surface area contributed by atoms with E-state index in [9.17, 15) is 13.2 Å². The Labute approximate surface area is 163 Å². The Bertz CT molecular complexity index is 1070. The van der Waals surface area contributed by atoms with Crippen LogP contribution < -0.4 is 9.46 Å². The van der Waals surface area contributed by atoms with Gasteiger partial charge in [-0.05, 0) is 48.5 Å². The van der Waals surface area contributed by atoms with Crippen LogP contribution in [0.3, 0.4) is 0 Å². The van der Waals surface area contributed by atoms with Crippen LogP contribution in [-0.4, -0.2) is 37.5 Å². The third-order valence-electron chi connectivity index (χ3n) is 4.31. The Morgan fingerprint density at radius 1 is 1.11 bits per heavy atom. The van der Waals surface area contributed by atoms with Gasteiger partial charge in [0.25, 0.3) is 0 Å². The number of hydrogen-bond acceptors (Lipinski definition) is 5. The lowest BCUT2D eigenvalue weighted by atomic mass is 10.0. The van der Waals surface area contributed by atoms with E-state index in [1.165, 1.54) is 6.20 Å². The molecule has 2 heterocycles. The van der Waals surface area contributed by atoms with E-state index in [4.69, 9.17) is 4.74 Å². The van der Waals surface area contributed by atoms with Crippen molar-refractivity contribution in [1.29, 1.82) is 0 Å². The number of benzene rings is 1. The zero-order chi connectivity index (χ0) is 20.3. The highest BCUT2D eigenvalue weighted by molar-refractivity contribution is 7.92. The van der Waals surface area contributed by atoms with Crippen LogP contribution in [0.5, 0.6) is 5.75 Å². The molecule has 3 rings (SSSR count). The van der Waals surface area contributed by atoms with E-state index >= 15 is 0 Å². The summed E-state index contributed by atoms with van der Waals surface area (Å²) in [5, 5.41) is 0. The Balaban J connectivity index is 1.76. The molecule has 0 bridgehead atoms. The van der Waals surface area contributed by atoms with Gasteiger partial charge in [-0.25, -0.2) is 8.42 Å². The number of H-pyrrole nitrogens is 1. The summed E-state index contributed by atoms with van der Waals surface area (Å²) in [6.07, 6.45) is 2.56. The maximum Gasteiger partial charge on any atom is 0.229 e. The molecule has 0 fully saturated rings. The van der Waals surface area contributed by atoms with Gasteiger partial charge in [0, 0.05) is 22.9 Å². The molecule has 2 aromatic heterocycles. The van der Waals surface area contributed by atoms with Crippen molar-refractivity contribution in [2.24, 2.45) is 0 Å². The number of hydrogen-bond donors (Lipinski definition) is 2. The van der Waals surface area contributed by atoms with Crippen LogP contribution in [0.2, 0.25) is 0 Å². The van der Waals surface area contributed by atoms with E-state index in [0.29, 0.717) is 22.7 Å². The number of sulfonamides is 1. The third kappa shape index (κ3) is 4.58. The zero-order valence-electron chi connectivity index (χ0n) is 15.8. The van der Waals surface area contributed by atoms with Crippen LogP contribution in [-0.2, 0) is 10.0 Å². The topological polar surface area (TPSA) is 101 Å². The molecule has 1 aromatic carbocycles. The number of ketones is 1. The highest BCUT2D eigenvalue weighted by atomic mass is 32.2. The first-order chi connectivity index (χ1) is 13.3. The number of aromatic nitrogens is 2. The van der Waals surface area contributed by atoms with E-state index < -0.39 is 10.0 Å². The van der Waals surface area contributed by atoms with Gasteiger partial charge in [-0.2, -0.15) is 0 Å². The number of pyridine rings is 1. The average Bonchev–Trinajstić information content (AvgIpc) is 3.16. The molecule has 0 aliphatic rings. The summed E-state index contributed by atoms with van der Waals surface area (Å²) < 4.78 is 30.0. The number of carbonyl (C=O) groups is 1. The van der Waals surface area contributed by atoms with Crippen molar-refractivity contribution >= 4 is 21.5 Å². The Morgan fingerprint density at radius 2 is 1.82 bits per heavy atom. The van der Waals surface area contributed by atoms with Gasteiger partial charge in [-0.1, -0.05) is 6.92 Å². The fraction of sp³-hybridized carbons (Fsp3) is 0.200. The van der Waals surface area contributed by atoms with Crippen molar-refractivity contribution in [3.05, 3.63) is 77.4 Å². The minimum Gasteiger partial charge on any atom is -0.497 e. The van der Waals surface area contributed by atoms with E-state index in [1.807, 2.05) is 13.0 Å². The van der Waals surface area contributed by atoms with Crippen molar-refractivity contribution in [3.63, 3.8) is 0 Å². The second-order valence-corrected chi connectivity index (χ2v) is 8.20. The summed E-state index contributed by atoms with van der Waals surface area (Å²) in [4.78, 5) is 20.1. The predicted molar refractivity (Wildman–Crippen MR) is 107 cm³/mol. The number of methoxy groups -OCH3 is 1. The molecule has 0 spiro atoms. The standard InChI is InChI=1S/C20H21N3O4S/c1-13(17-9-6-15(12-21-17)23-28(3,25)26)18-10-11-19(22-18)20(24)14-4-7-16(27-2)8-5-14/h4-13,22-23H,1-3H3. The monoisotopic (exact) mass is 399 g/mol. The second kappa shape index (κ2) is 7.85. The lowest BCUT2D eigenvalue weighted by Gasteiger charge is -2.10. The first kappa shape index (κ1) is 19.6. The van der Waals surface area contributed by atoms with Gasteiger partial charge in [0.05, 0.1) is 30.9 Å². The van der Waals surface area contributed by atoms with E-state index in [1.54, 1.807) is 49.6 Å². The summed E-state index contributed by atoms with van der Waals surface area (Å²) in [5.41, 5.74) is 3.05. The average molecular weight is 399 g/mol. The first-order valence-corrected chi connectivity index (χ1v) is 10.5. The van der Waals surface area contributed by atoms with Crippen molar-refractivity contribution in [3.8, 4) is 5.75 Å². The fourth-order valence-corrected chi connectivity index (χ4v) is 3.34. The molecule has 0 saturated carbocycles. The molecule has 28 heavy (non-hydrogen) atoms. The first-order valence-electron chi connectivity index (χ1n) is 8.58. The summed E-state index contributed by atoms with van der Waals surface area (Å²) >= 11 is 0. The lowest BCUT2D eigenvalue weighted by molar-refractivity contribution is 0.103. The molecule has 1 unspecified atom stereocenters. The van der Waals surface area contributed by atoms with E-state index in [2.05, 4.69) is 14.7 Å². The largest absolute Gasteiger partial charge is 0.497 e. The van der Waals surface area contributed by atoms with Crippen LogP contribution in [0, 0.1) is 0 Å². The molecule has 7 nitrogen and oxygen atoms in total. The fourth-order valence-electron chi connectivity index (χ4n) is 2.79. The highest BCUT2D eigenvalue weighted by Gasteiger charge is 2.16. The maximum atomic E-state index is 12.6. The molecule has 8 heteroatoms. The maximum absolute atomic E-state index is 12.6. The van der Waals surface area contributed by atoms with Gasteiger partial charge < -0.3 is 9.72 Å². The SMILES string of the molecule is COc1ccc(C(=O)c2ccc(C(C)c3ccc(NS(C)(=O)=O)cn3)[nH]2)cc1. The summed E-state index contributed by atoms with van der Waals surface area (Å²) in [5.74, 6) is 0.490. The quantitative estimate of drug-likeness (QED) is 0.594. The van der Waals surface area contributed by atoms with Crippen molar-refractivity contribution in [1.82, 2.24) is 9.97 Å². The molecular weight excluding hydrogens is 378 g/mol. The Hall–Kier alpha value is -3.13. The molecule has 0 aliphatic carbocycles. The van der Waals surface area contributed by atoms with Crippen LogP contribution in [0.25, 0.3) is 0 Å².